The first-order chi connectivity index (χ1) is 17.1. The standard InChI is InChI=1S/C25H31ClN4O5S/c1-25(2,28-23(31)14-26)16-5-9-20(10-6-16)36(33,34)30-18-7-8-19(30)12-17(11-18)27-24(32)21-13-22(35-29-21)15-3-4-15/h5-6,9-10,13,15,17-19H,3-4,7-8,11-12,14H2,1-2H3,(H,27,32)(H,28,31)/t17-,18-,19+. The molecule has 1 aromatic carbocycles. The van der Waals surface area contributed by atoms with Crippen molar-refractivity contribution in [3.63, 3.8) is 0 Å². The van der Waals surface area contributed by atoms with Crippen molar-refractivity contribution in [2.24, 2.45) is 0 Å². The second-order valence-electron chi connectivity index (χ2n) is 10.6. The highest BCUT2D eigenvalue weighted by atomic mass is 35.5. The van der Waals surface area contributed by atoms with Gasteiger partial charge in [0.05, 0.1) is 10.4 Å². The maximum atomic E-state index is 13.6. The van der Waals surface area contributed by atoms with E-state index in [2.05, 4.69) is 15.8 Å². The van der Waals surface area contributed by atoms with Gasteiger partial charge in [-0.2, -0.15) is 4.31 Å². The third kappa shape index (κ3) is 4.90. The predicted molar refractivity (Wildman–Crippen MR) is 133 cm³/mol. The molecule has 2 N–H and O–H groups in total. The van der Waals surface area contributed by atoms with Crippen LogP contribution in [0.25, 0.3) is 0 Å². The number of piperidine rings is 1. The number of alkyl halides is 1. The van der Waals surface area contributed by atoms with E-state index in [9.17, 15) is 18.0 Å². The Hall–Kier alpha value is -2.43. The molecule has 0 spiro atoms. The summed E-state index contributed by atoms with van der Waals surface area (Å²) in [6.07, 6.45) is 4.78. The molecule has 0 radical (unpaired) electrons. The minimum atomic E-state index is -3.71. The van der Waals surface area contributed by atoms with Crippen LogP contribution in [0, 0.1) is 0 Å². The van der Waals surface area contributed by atoms with Gasteiger partial charge in [0.1, 0.15) is 11.6 Å². The van der Waals surface area contributed by atoms with Crippen molar-refractivity contribution in [2.45, 2.75) is 86.9 Å². The van der Waals surface area contributed by atoms with Gasteiger partial charge in [0.2, 0.25) is 15.9 Å². The van der Waals surface area contributed by atoms with Gasteiger partial charge in [-0.25, -0.2) is 8.42 Å². The van der Waals surface area contributed by atoms with Crippen molar-refractivity contribution < 1.29 is 22.5 Å². The van der Waals surface area contributed by atoms with Gasteiger partial charge in [-0.15, -0.1) is 11.6 Å². The number of nitrogens with one attached hydrogen (secondary N) is 2. The van der Waals surface area contributed by atoms with Crippen LogP contribution < -0.4 is 10.6 Å². The van der Waals surface area contributed by atoms with Gasteiger partial charge in [0.25, 0.3) is 5.91 Å². The minimum Gasteiger partial charge on any atom is -0.360 e. The number of sulfonamides is 1. The summed E-state index contributed by atoms with van der Waals surface area (Å²) in [4.78, 5) is 24.7. The lowest BCUT2D eigenvalue weighted by molar-refractivity contribution is -0.120. The molecule has 1 aromatic heterocycles. The summed E-state index contributed by atoms with van der Waals surface area (Å²) in [6, 6.07) is 7.90. The Balaban J connectivity index is 1.25. The predicted octanol–water partition coefficient (Wildman–Crippen LogP) is 3.26. The van der Waals surface area contributed by atoms with Gasteiger partial charge in [-0.1, -0.05) is 17.3 Å². The average molecular weight is 535 g/mol. The van der Waals surface area contributed by atoms with Gasteiger partial charge in [-0.05, 0) is 70.1 Å². The first-order valence-corrected chi connectivity index (χ1v) is 14.3. The van der Waals surface area contributed by atoms with Crippen molar-refractivity contribution in [1.29, 1.82) is 0 Å². The van der Waals surface area contributed by atoms with Gasteiger partial charge < -0.3 is 15.2 Å². The number of benzene rings is 1. The molecule has 3 atom stereocenters. The number of fused-ring (bicyclic) bond motifs is 2. The van der Waals surface area contributed by atoms with Crippen LogP contribution in [0.2, 0.25) is 0 Å². The summed E-state index contributed by atoms with van der Waals surface area (Å²) in [6.45, 7) is 3.68. The van der Waals surface area contributed by atoms with Gasteiger partial charge in [0.15, 0.2) is 5.69 Å². The third-order valence-corrected chi connectivity index (χ3v) is 9.73. The van der Waals surface area contributed by atoms with E-state index >= 15 is 0 Å². The summed E-state index contributed by atoms with van der Waals surface area (Å²) in [5.41, 5.74) is 0.374. The van der Waals surface area contributed by atoms with Crippen molar-refractivity contribution in [2.75, 3.05) is 5.88 Å². The van der Waals surface area contributed by atoms with Crippen LogP contribution in [-0.4, -0.2) is 53.7 Å². The Morgan fingerprint density at radius 3 is 2.33 bits per heavy atom. The summed E-state index contributed by atoms with van der Waals surface area (Å²) in [7, 11) is -3.71. The molecule has 2 aromatic rings. The van der Waals surface area contributed by atoms with Crippen molar-refractivity contribution in [1.82, 2.24) is 20.1 Å². The second-order valence-corrected chi connectivity index (χ2v) is 12.7. The number of amides is 2. The molecular formula is C25H31ClN4O5S. The summed E-state index contributed by atoms with van der Waals surface area (Å²) in [5.74, 6) is 0.433. The number of carbonyl (C=O) groups excluding carboxylic acids is 2. The maximum absolute atomic E-state index is 13.6. The molecule has 3 aliphatic rings. The molecule has 3 heterocycles. The molecule has 36 heavy (non-hydrogen) atoms. The van der Waals surface area contributed by atoms with Crippen molar-refractivity contribution >= 4 is 33.4 Å². The molecule has 2 amide bonds. The SMILES string of the molecule is CC(C)(NC(=O)CCl)c1ccc(S(=O)(=O)N2[C@@H]3CC[C@H]2C[C@H](NC(=O)c2cc(C4CC4)on2)C3)cc1. The van der Waals surface area contributed by atoms with E-state index in [1.807, 2.05) is 13.8 Å². The molecule has 194 valence electrons. The van der Waals surface area contributed by atoms with E-state index in [-0.39, 0.29) is 46.4 Å². The molecular weight excluding hydrogens is 504 g/mol. The molecule has 11 heteroatoms. The summed E-state index contributed by atoms with van der Waals surface area (Å²) >= 11 is 5.61. The van der Waals surface area contributed by atoms with E-state index in [1.54, 1.807) is 34.6 Å². The number of hydrogen-bond donors (Lipinski definition) is 2. The normalized spacial score (nSPS) is 24.5. The van der Waals surface area contributed by atoms with E-state index < -0.39 is 15.6 Å². The highest BCUT2D eigenvalue weighted by Gasteiger charge is 2.47. The number of rotatable bonds is 8. The topological polar surface area (TPSA) is 122 Å². The number of carbonyl (C=O) groups is 2. The number of halogens is 1. The van der Waals surface area contributed by atoms with Gasteiger partial charge in [0, 0.05) is 30.1 Å². The molecule has 5 rings (SSSR count). The van der Waals surface area contributed by atoms with Gasteiger partial charge in [-0.3, -0.25) is 9.59 Å². The Morgan fingerprint density at radius 1 is 1.11 bits per heavy atom. The molecule has 2 saturated heterocycles. The Morgan fingerprint density at radius 2 is 1.75 bits per heavy atom. The highest BCUT2D eigenvalue weighted by Crippen LogP contribution is 2.41. The summed E-state index contributed by atoms with van der Waals surface area (Å²) < 4.78 is 34.1. The smallest absolute Gasteiger partial charge is 0.273 e. The zero-order valence-electron chi connectivity index (χ0n) is 20.4. The molecule has 2 aliphatic heterocycles. The first kappa shape index (κ1) is 25.2. The second kappa shape index (κ2) is 9.46. The maximum Gasteiger partial charge on any atom is 0.273 e. The van der Waals surface area contributed by atoms with E-state index in [0.717, 1.165) is 37.0 Å². The average Bonchev–Trinajstić information content (AvgIpc) is 3.50. The quantitative estimate of drug-likeness (QED) is 0.501. The van der Waals surface area contributed by atoms with E-state index in [1.165, 1.54) is 0 Å². The van der Waals surface area contributed by atoms with E-state index in [0.29, 0.717) is 18.8 Å². The Kier molecular flexibility index (Phi) is 6.63. The third-order valence-electron chi connectivity index (χ3n) is 7.47. The molecule has 1 aliphatic carbocycles. The zero-order valence-corrected chi connectivity index (χ0v) is 21.9. The fourth-order valence-corrected chi connectivity index (χ4v) is 7.44. The Labute approximate surface area is 216 Å². The van der Waals surface area contributed by atoms with Crippen LogP contribution in [0.5, 0.6) is 0 Å². The van der Waals surface area contributed by atoms with Crippen LogP contribution in [0.3, 0.4) is 0 Å². The molecule has 0 unspecified atom stereocenters. The molecule has 2 bridgehead atoms. The van der Waals surface area contributed by atoms with Crippen LogP contribution in [0.1, 0.15) is 80.1 Å². The molecule has 1 saturated carbocycles. The summed E-state index contributed by atoms with van der Waals surface area (Å²) in [5, 5.41) is 9.78. The highest BCUT2D eigenvalue weighted by molar-refractivity contribution is 7.89. The Bertz CT molecular complexity index is 1240. The molecule has 9 nitrogen and oxygen atoms in total. The monoisotopic (exact) mass is 534 g/mol. The minimum absolute atomic E-state index is 0.115. The zero-order chi connectivity index (χ0) is 25.7. The lowest BCUT2D eigenvalue weighted by Crippen LogP contribution is -2.52. The lowest BCUT2D eigenvalue weighted by Gasteiger charge is -2.38. The lowest BCUT2D eigenvalue weighted by atomic mass is 9.94. The number of nitrogens with zero attached hydrogens (tertiary/aromatic N) is 2. The van der Waals surface area contributed by atoms with Crippen molar-refractivity contribution in [3.8, 4) is 0 Å². The largest absolute Gasteiger partial charge is 0.360 e. The van der Waals surface area contributed by atoms with Crippen LogP contribution >= 0.6 is 11.6 Å². The van der Waals surface area contributed by atoms with Crippen LogP contribution in [0.4, 0.5) is 0 Å². The number of aromatic nitrogens is 1. The number of hydrogen-bond acceptors (Lipinski definition) is 6. The molecule has 3 fully saturated rings. The van der Waals surface area contributed by atoms with Crippen LogP contribution in [-0.2, 0) is 20.4 Å². The fourth-order valence-electron chi connectivity index (χ4n) is 5.48. The first-order valence-electron chi connectivity index (χ1n) is 12.4. The van der Waals surface area contributed by atoms with Gasteiger partial charge >= 0.3 is 0 Å². The fraction of sp³-hybridized carbons (Fsp3) is 0.560. The van der Waals surface area contributed by atoms with Crippen molar-refractivity contribution in [3.05, 3.63) is 47.3 Å². The van der Waals surface area contributed by atoms with E-state index in [4.69, 9.17) is 16.1 Å². The van der Waals surface area contributed by atoms with Crippen LogP contribution in [0.15, 0.2) is 39.8 Å².